The van der Waals surface area contributed by atoms with Gasteiger partial charge in [-0.1, -0.05) is 6.07 Å². The van der Waals surface area contributed by atoms with Crippen molar-refractivity contribution in [1.29, 1.82) is 5.26 Å². The van der Waals surface area contributed by atoms with Gasteiger partial charge in [-0.05, 0) is 80.6 Å². The quantitative estimate of drug-likeness (QED) is 0.175. The first-order chi connectivity index (χ1) is 28.4. The first-order valence-corrected chi connectivity index (χ1v) is 21.1. The first-order valence-electron chi connectivity index (χ1n) is 19.6. The van der Waals surface area contributed by atoms with E-state index in [9.17, 15) is 33.2 Å². The van der Waals surface area contributed by atoms with Crippen LogP contribution in [0, 0.1) is 11.3 Å². The summed E-state index contributed by atoms with van der Waals surface area (Å²) in [6.45, 7) is 3.00. The summed E-state index contributed by atoms with van der Waals surface area (Å²) in [5.41, 5.74) is 2.72. The number of likely N-dealkylation sites (tertiary alicyclic amines) is 1. The first kappa shape index (κ1) is 39.9. The van der Waals surface area contributed by atoms with Gasteiger partial charge in [0.1, 0.15) is 24.1 Å². The molecule has 59 heavy (non-hydrogen) atoms. The molecule has 0 atom stereocenters. The lowest BCUT2D eigenvalue weighted by atomic mass is 9.89. The lowest BCUT2D eigenvalue weighted by molar-refractivity contribution is -0.120. The molecule has 5 aromatic rings. The summed E-state index contributed by atoms with van der Waals surface area (Å²) in [5, 5.41) is 31.0. The van der Waals surface area contributed by atoms with Gasteiger partial charge in [-0.3, -0.25) is 34.0 Å². The molecule has 0 aliphatic carbocycles. The monoisotopic (exact) mass is 823 g/mol. The number of sulfonamides is 1. The van der Waals surface area contributed by atoms with Crippen molar-refractivity contribution in [3.63, 3.8) is 0 Å². The number of imide groups is 1. The van der Waals surface area contributed by atoms with Crippen LogP contribution in [0.4, 0.5) is 16.6 Å². The fraction of sp³-hybridized carbons (Fsp3) is 0.425. The Bertz CT molecular complexity index is 2660. The number of aromatic nitrogens is 5. The number of aryl methyl sites for hydroxylation is 2. The van der Waals surface area contributed by atoms with E-state index in [1.165, 1.54) is 37.5 Å². The highest BCUT2D eigenvalue weighted by molar-refractivity contribution is 7.89. The number of carbonyl (C=O) groups excluding carboxylic acids is 2. The number of fused-ring (bicyclic) bond motifs is 2. The van der Waals surface area contributed by atoms with Gasteiger partial charge in [-0.15, -0.1) is 0 Å². The molecule has 3 aromatic heterocycles. The molecule has 19 heteroatoms. The maximum absolute atomic E-state index is 13.8. The van der Waals surface area contributed by atoms with Crippen LogP contribution in [0.25, 0.3) is 21.9 Å². The second kappa shape index (κ2) is 16.4. The molecule has 308 valence electrons. The minimum Gasteiger partial charge on any atom is -0.491 e. The minimum absolute atomic E-state index is 0.0616. The van der Waals surface area contributed by atoms with Crippen LogP contribution in [0.15, 0.2) is 58.4 Å². The fourth-order valence-corrected chi connectivity index (χ4v) is 9.68. The number of nitriles is 1. The van der Waals surface area contributed by atoms with Crippen molar-refractivity contribution in [1.82, 2.24) is 38.8 Å². The maximum atomic E-state index is 13.8. The predicted molar refractivity (Wildman–Crippen MR) is 217 cm³/mol. The third-order valence-corrected chi connectivity index (χ3v) is 13.5. The molecule has 0 radical (unpaired) electrons. The molecular weight excluding hydrogens is 779 g/mol. The van der Waals surface area contributed by atoms with Crippen LogP contribution in [-0.4, -0.2) is 111 Å². The molecule has 0 bridgehead atoms. The summed E-state index contributed by atoms with van der Waals surface area (Å²) < 4.78 is 38.2. The van der Waals surface area contributed by atoms with Gasteiger partial charge in [0.2, 0.25) is 21.9 Å². The number of nitrogens with one attached hydrogen (secondary N) is 2. The Balaban J connectivity index is 0.841. The Kier molecular flexibility index (Phi) is 11.1. The smallest absolute Gasteiger partial charge is 0.329 e. The van der Waals surface area contributed by atoms with E-state index in [0.717, 1.165) is 36.8 Å². The number of piperidine rings is 2. The number of urea groups is 1. The van der Waals surface area contributed by atoms with Gasteiger partial charge in [-0.2, -0.15) is 19.6 Å². The highest BCUT2D eigenvalue weighted by Crippen LogP contribution is 2.34. The second-order valence-electron chi connectivity index (χ2n) is 15.2. The van der Waals surface area contributed by atoms with Gasteiger partial charge < -0.3 is 15.2 Å². The molecule has 8 rings (SSSR count). The highest BCUT2D eigenvalue weighted by Gasteiger charge is 2.32. The van der Waals surface area contributed by atoms with Crippen LogP contribution in [-0.2, 0) is 35.5 Å². The number of hydrogen-bond acceptors (Lipinski definition) is 13. The molecule has 18 nitrogen and oxygen atoms in total. The molecule has 6 heterocycles. The molecule has 3 N–H and O–H groups in total. The fourth-order valence-electron chi connectivity index (χ4n) is 8.19. The summed E-state index contributed by atoms with van der Waals surface area (Å²) >= 11 is 0. The molecule has 3 amide bonds. The molecule has 0 saturated carbocycles. The van der Waals surface area contributed by atoms with Crippen molar-refractivity contribution in [3.8, 4) is 11.8 Å². The summed E-state index contributed by atoms with van der Waals surface area (Å²) in [5.74, 6) is 1.14. The Morgan fingerprint density at radius 3 is 2.51 bits per heavy atom. The zero-order valence-electron chi connectivity index (χ0n) is 32.8. The number of pyridine rings is 1. The zero-order valence-corrected chi connectivity index (χ0v) is 33.6. The predicted octanol–water partition coefficient (Wildman–Crippen LogP) is 2.55. The van der Waals surface area contributed by atoms with Crippen LogP contribution in [0.2, 0.25) is 0 Å². The summed E-state index contributed by atoms with van der Waals surface area (Å²) in [7, 11) is -0.440. The van der Waals surface area contributed by atoms with Gasteiger partial charge in [0.25, 0.3) is 5.56 Å². The Hall–Kier alpha value is -5.94. The number of hydrogen-bond donors (Lipinski definition) is 3. The molecule has 3 aliphatic rings. The summed E-state index contributed by atoms with van der Waals surface area (Å²) in [6.07, 6.45) is 4.68. The summed E-state index contributed by atoms with van der Waals surface area (Å²) in [4.78, 5) is 49.4. The minimum atomic E-state index is -3.88. The average molecular weight is 824 g/mol. The van der Waals surface area contributed by atoms with Crippen LogP contribution < -0.4 is 25.8 Å². The number of aliphatic hydroxyl groups excluding tert-OH is 1. The largest absolute Gasteiger partial charge is 0.491 e. The van der Waals surface area contributed by atoms with Gasteiger partial charge >= 0.3 is 6.03 Å². The van der Waals surface area contributed by atoms with E-state index < -0.39 is 16.1 Å². The van der Waals surface area contributed by atoms with Gasteiger partial charge in [0.05, 0.1) is 22.6 Å². The molecule has 3 fully saturated rings. The van der Waals surface area contributed by atoms with Crippen molar-refractivity contribution in [2.75, 3.05) is 56.1 Å². The zero-order chi connectivity index (χ0) is 41.4. The SMILES string of the molecule is Cn1nc(N2CCC(=O)NC2=O)c2ccc(C3CCN(CCOc4cc(S(=O)(=O)N5CCC(Nc6ncc7cc(CO)c(=O)n(C)c7n6)CC5)ccc4C#N)CC3)cc21. The normalized spacial score (nSPS) is 17.7. The number of nitrogens with zero attached hydrogens (tertiary/aromatic N) is 9. The summed E-state index contributed by atoms with van der Waals surface area (Å²) in [6, 6.07) is 13.7. The van der Waals surface area contributed by atoms with E-state index >= 15 is 0 Å². The standard InChI is InChI=1S/C40H45N11O7S/c1-47-36-28(19-29(24-52)38(47)54)23-42-39(45-36)43-30-9-14-50(15-10-30)59(56,57)31-5-3-27(22-41)34(21-31)58-18-17-49-12-7-25(8-13-49)26-4-6-32-33(20-26)48(2)46-37(32)51-16-11-35(53)44-40(51)55/h3-6,19-21,23,25,30,52H,7-18,24H2,1-2H3,(H,42,43,45)(H,44,53,55). The molecule has 3 saturated heterocycles. The lowest BCUT2D eigenvalue weighted by Crippen LogP contribution is -2.49. The Morgan fingerprint density at radius 2 is 1.78 bits per heavy atom. The van der Waals surface area contributed by atoms with E-state index in [-0.39, 0.29) is 78.5 Å². The number of rotatable bonds is 11. The average Bonchev–Trinajstić information content (AvgIpc) is 3.57. The number of ether oxygens (including phenoxy) is 1. The number of benzene rings is 2. The van der Waals surface area contributed by atoms with Crippen molar-refractivity contribution in [2.45, 2.75) is 55.6 Å². The van der Waals surface area contributed by atoms with Gasteiger partial charge in [-0.25, -0.2) is 18.2 Å². The highest BCUT2D eigenvalue weighted by atomic mass is 32.2. The van der Waals surface area contributed by atoms with Crippen LogP contribution in [0.1, 0.15) is 54.7 Å². The van der Waals surface area contributed by atoms with Gasteiger partial charge in [0, 0.05) is 81.3 Å². The number of carbonyl (C=O) groups is 2. The van der Waals surface area contributed by atoms with Crippen LogP contribution in [0.3, 0.4) is 0 Å². The maximum Gasteiger partial charge on any atom is 0.329 e. The van der Waals surface area contributed by atoms with E-state index in [2.05, 4.69) is 48.8 Å². The topological polar surface area (TPSA) is 221 Å². The third kappa shape index (κ3) is 7.96. The number of anilines is 2. The Morgan fingerprint density at radius 1 is 1.00 bits per heavy atom. The molecule has 0 unspecified atom stereocenters. The van der Waals surface area contributed by atoms with Crippen molar-refractivity contribution in [3.05, 3.63) is 75.7 Å². The van der Waals surface area contributed by atoms with Crippen molar-refractivity contribution >= 4 is 55.7 Å². The molecule has 0 spiro atoms. The van der Waals surface area contributed by atoms with Crippen LogP contribution in [0.5, 0.6) is 5.75 Å². The van der Waals surface area contributed by atoms with E-state index in [4.69, 9.17) is 4.74 Å². The Labute approximate surface area is 340 Å². The molecule has 2 aromatic carbocycles. The molecule has 3 aliphatic heterocycles. The lowest BCUT2D eigenvalue weighted by Gasteiger charge is -2.32. The van der Waals surface area contributed by atoms with E-state index in [0.29, 0.717) is 48.1 Å². The van der Waals surface area contributed by atoms with Crippen molar-refractivity contribution < 1.29 is 27.9 Å². The van der Waals surface area contributed by atoms with Crippen molar-refractivity contribution in [2.24, 2.45) is 14.1 Å². The van der Waals surface area contributed by atoms with E-state index in [1.54, 1.807) is 24.0 Å². The molecular formula is C40H45N11O7S. The number of amides is 3. The van der Waals surface area contributed by atoms with Gasteiger partial charge in [0.15, 0.2) is 5.82 Å². The third-order valence-electron chi connectivity index (χ3n) is 11.6. The van der Waals surface area contributed by atoms with E-state index in [1.807, 2.05) is 13.1 Å². The van der Waals surface area contributed by atoms with Crippen LogP contribution >= 0.6 is 0 Å². The second-order valence-corrected chi connectivity index (χ2v) is 17.1. The number of aliphatic hydroxyl groups is 1.